The minimum Gasteiger partial charge on any atom is -0.463 e. The largest absolute Gasteiger partial charge is 0.463 e. The molecule has 0 aromatic carbocycles. The molecule has 7 heteroatoms. The van der Waals surface area contributed by atoms with Crippen molar-refractivity contribution in [3.8, 4) is 0 Å². The van der Waals surface area contributed by atoms with Crippen molar-refractivity contribution in [2.45, 2.75) is 6.92 Å². The van der Waals surface area contributed by atoms with E-state index in [9.17, 15) is 4.79 Å². The predicted octanol–water partition coefficient (Wildman–Crippen LogP) is 0.932. The van der Waals surface area contributed by atoms with Crippen LogP contribution in [0.4, 0.5) is 0 Å². The van der Waals surface area contributed by atoms with E-state index in [4.69, 9.17) is 10.5 Å². The van der Waals surface area contributed by atoms with Gasteiger partial charge in [0.05, 0.1) is 0 Å². The number of rotatable bonds is 6. The van der Waals surface area contributed by atoms with Crippen LogP contribution in [0.2, 0.25) is 0 Å². The molecule has 0 amide bonds. The monoisotopic (exact) mass is 264 g/mol. The molecule has 88 valence electrons. The summed E-state index contributed by atoms with van der Waals surface area (Å²) in [4.78, 5) is 11.0. The Hall–Kier alpha value is 0.320. The van der Waals surface area contributed by atoms with Crippen LogP contribution in [0, 0.1) is 0 Å². The second-order valence-electron chi connectivity index (χ2n) is 2.15. The summed E-state index contributed by atoms with van der Waals surface area (Å²) >= 11 is 1.53. The first kappa shape index (κ1) is 19.8. The van der Waals surface area contributed by atoms with Crippen LogP contribution in [0.1, 0.15) is 6.92 Å². The van der Waals surface area contributed by atoms with Gasteiger partial charge in [0.15, 0.2) is 0 Å². The molecule has 0 unspecified atom stereocenters. The van der Waals surface area contributed by atoms with Gasteiger partial charge in [0.1, 0.15) is 13.2 Å². The van der Waals surface area contributed by atoms with Gasteiger partial charge in [-0.1, -0.05) is 18.9 Å². The van der Waals surface area contributed by atoms with Crippen molar-refractivity contribution < 1.29 is 9.53 Å². The van der Waals surface area contributed by atoms with Crippen molar-refractivity contribution in [2.24, 2.45) is 5.73 Å². The highest BCUT2D eigenvalue weighted by molar-refractivity contribution is 7.96. The van der Waals surface area contributed by atoms with Crippen molar-refractivity contribution in [3.05, 3.63) is 0 Å². The summed E-state index contributed by atoms with van der Waals surface area (Å²) in [5, 5.41) is 0. The lowest BCUT2D eigenvalue weighted by Crippen LogP contribution is -2.26. The van der Waals surface area contributed by atoms with Crippen LogP contribution in [-0.4, -0.2) is 42.8 Å². The molecule has 0 fully saturated rings. The minimum atomic E-state index is -0.211. The molecule has 0 saturated heterocycles. The zero-order chi connectivity index (χ0) is 9.40. The number of esters is 1. The van der Waals surface area contributed by atoms with Crippen LogP contribution in [0.5, 0.6) is 0 Å². The first-order valence-corrected chi connectivity index (χ1v) is 5.07. The normalized spacial score (nSPS) is 8.86. The van der Waals surface area contributed by atoms with Crippen molar-refractivity contribution in [1.82, 2.24) is 4.31 Å². The second-order valence-corrected chi connectivity index (χ2v) is 3.03. The molecule has 0 atom stereocenters. The van der Waals surface area contributed by atoms with Gasteiger partial charge < -0.3 is 10.5 Å². The molecular formula is C7H18Cl2N2O2S. The van der Waals surface area contributed by atoms with Gasteiger partial charge in [-0.05, 0) is 6.26 Å². The lowest BCUT2D eigenvalue weighted by molar-refractivity contribution is -0.143. The highest BCUT2D eigenvalue weighted by Crippen LogP contribution is 2.02. The van der Waals surface area contributed by atoms with E-state index in [2.05, 4.69) is 0 Å². The Morgan fingerprint density at radius 2 is 2.07 bits per heavy atom. The number of likely N-dealkylation sites (N-methyl/N-ethyl adjacent to an activating group) is 1. The molecule has 14 heavy (non-hydrogen) atoms. The molecule has 0 aliphatic carbocycles. The fourth-order valence-electron chi connectivity index (χ4n) is 0.668. The second kappa shape index (κ2) is 13.3. The van der Waals surface area contributed by atoms with Gasteiger partial charge in [0, 0.05) is 13.1 Å². The van der Waals surface area contributed by atoms with Crippen LogP contribution >= 0.6 is 36.8 Å². The van der Waals surface area contributed by atoms with E-state index in [-0.39, 0.29) is 30.8 Å². The maximum Gasteiger partial charge on any atom is 0.321 e. The molecule has 0 aromatic rings. The van der Waals surface area contributed by atoms with Gasteiger partial charge in [-0.3, -0.25) is 4.79 Å². The molecule has 0 aliphatic heterocycles. The summed E-state index contributed by atoms with van der Waals surface area (Å²) in [5.74, 6) is -0.211. The lowest BCUT2D eigenvalue weighted by atomic mass is 10.6. The number of nitrogens with two attached hydrogens (primary N) is 1. The van der Waals surface area contributed by atoms with Crippen molar-refractivity contribution >= 4 is 42.7 Å². The molecule has 0 heterocycles. The topological polar surface area (TPSA) is 55.6 Å². The average molecular weight is 265 g/mol. The molecule has 0 aliphatic rings. The van der Waals surface area contributed by atoms with Gasteiger partial charge in [0.25, 0.3) is 0 Å². The smallest absolute Gasteiger partial charge is 0.321 e. The fraction of sp³-hybridized carbons (Fsp3) is 0.857. The Balaban J connectivity index is -0.000000605. The average Bonchev–Trinajstić information content (AvgIpc) is 2.10. The number of carbonyl (C=O) groups excluding carboxylic acids is 1. The Kier molecular flexibility index (Phi) is 18.9. The van der Waals surface area contributed by atoms with E-state index in [1.165, 1.54) is 11.9 Å². The maximum atomic E-state index is 11.0. The number of carbonyl (C=O) groups is 1. The summed E-state index contributed by atoms with van der Waals surface area (Å²) in [6, 6.07) is 0. The van der Waals surface area contributed by atoms with Gasteiger partial charge in [0.2, 0.25) is 0 Å². The molecule has 2 N–H and O–H groups in total. The standard InChI is InChI=1S/C7H16N2O2S.2ClH/c1-3-9(12-2)6-7(10)11-5-4-8;;/h3-6,8H2,1-2H3;2*1H. The molecule has 0 bridgehead atoms. The number of halogens is 2. The lowest BCUT2D eigenvalue weighted by Gasteiger charge is -2.14. The van der Waals surface area contributed by atoms with E-state index in [0.29, 0.717) is 19.7 Å². The number of hydrogen-bond acceptors (Lipinski definition) is 5. The molecular weight excluding hydrogens is 247 g/mol. The Labute approximate surface area is 102 Å². The van der Waals surface area contributed by atoms with Crippen LogP contribution in [0.25, 0.3) is 0 Å². The first-order chi connectivity index (χ1) is 5.74. The molecule has 4 nitrogen and oxygen atoms in total. The summed E-state index contributed by atoms with van der Waals surface area (Å²) in [6.07, 6.45) is 1.93. The molecule has 0 radical (unpaired) electrons. The van der Waals surface area contributed by atoms with E-state index < -0.39 is 0 Å². The Morgan fingerprint density at radius 3 is 2.43 bits per heavy atom. The third-order valence-electron chi connectivity index (χ3n) is 1.30. The SMILES string of the molecule is CCN(CC(=O)OCCN)SC.Cl.Cl. The van der Waals surface area contributed by atoms with Gasteiger partial charge in [-0.25, -0.2) is 4.31 Å². The number of hydrogen-bond donors (Lipinski definition) is 1. The van der Waals surface area contributed by atoms with Crippen LogP contribution in [-0.2, 0) is 9.53 Å². The summed E-state index contributed by atoms with van der Waals surface area (Å²) in [5.41, 5.74) is 5.18. The summed E-state index contributed by atoms with van der Waals surface area (Å²) in [6.45, 7) is 3.85. The minimum absolute atomic E-state index is 0. The fourth-order valence-corrected chi connectivity index (χ4v) is 1.16. The van der Waals surface area contributed by atoms with Crippen molar-refractivity contribution in [3.63, 3.8) is 0 Å². The van der Waals surface area contributed by atoms with E-state index >= 15 is 0 Å². The third-order valence-corrected chi connectivity index (χ3v) is 2.20. The Bertz CT molecular complexity index is 137. The van der Waals surface area contributed by atoms with Crippen LogP contribution in [0.3, 0.4) is 0 Å². The van der Waals surface area contributed by atoms with Gasteiger partial charge in [-0.2, -0.15) is 0 Å². The Morgan fingerprint density at radius 1 is 1.50 bits per heavy atom. The van der Waals surface area contributed by atoms with E-state index in [1.807, 2.05) is 17.5 Å². The quantitative estimate of drug-likeness (QED) is 0.572. The predicted molar refractivity (Wildman–Crippen MR) is 65.3 cm³/mol. The van der Waals surface area contributed by atoms with Gasteiger partial charge >= 0.3 is 5.97 Å². The molecule has 0 saturated carbocycles. The van der Waals surface area contributed by atoms with E-state index in [1.54, 1.807) is 0 Å². The summed E-state index contributed by atoms with van der Waals surface area (Å²) < 4.78 is 6.72. The van der Waals surface area contributed by atoms with Crippen molar-refractivity contribution in [1.29, 1.82) is 0 Å². The number of nitrogens with zero attached hydrogens (tertiary/aromatic N) is 1. The van der Waals surface area contributed by atoms with Crippen LogP contribution < -0.4 is 5.73 Å². The molecule has 0 spiro atoms. The van der Waals surface area contributed by atoms with E-state index in [0.717, 1.165) is 6.54 Å². The highest BCUT2D eigenvalue weighted by Gasteiger charge is 2.07. The summed E-state index contributed by atoms with van der Waals surface area (Å²) in [7, 11) is 0. The third kappa shape index (κ3) is 10.4. The molecule has 0 aromatic heterocycles. The first-order valence-electron chi connectivity index (χ1n) is 3.89. The maximum absolute atomic E-state index is 11.0. The molecule has 0 rings (SSSR count). The van der Waals surface area contributed by atoms with Crippen LogP contribution in [0.15, 0.2) is 0 Å². The van der Waals surface area contributed by atoms with Crippen molar-refractivity contribution in [2.75, 3.05) is 32.5 Å². The number of ether oxygens (including phenoxy) is 1. The van der Waals surface area contributed by atoms with Gasteiger partial charge in [-0.15, -0.1) is 24.8 Å². The highest BCUT2D eigenvalue weighted by atomic mass is 35.5. The zero-order valence-electron chi connectivity index (χ0n) is 8.39. The zero-order valence-corrected chi connectivity index (χ0v) is 10.8.